The first-order chi connectivity index (χ1) is 10.5. The van der Waals surface area contributed by atoms with Gasteiger partial charge in [-0.05, 0) is 26.7 Å². The summed E-state index contributed by atoms with van der Waals surface area (Å²) < 4.78 is 5.49. The van der Waals surface area contributed by atoms with Crippen molar-refractivity contribution in [1.29, 1.82) is 0 Å². The van der Waals surface area contributed by atoms with Gasteiger partial charge in [0.2, 0.25) is 5.91 Å². The lowest BCUT2D eigenvalue weighted by Gasteiger charge is -2.33. The summed E-state index contributed by atoms with van der Waals surface area (Å²) in [5.74, 6) is 7.13. The van der Waals surface area contributed by atoms with Gasteiger partial charge in [-0.15, -0.1) is 0 Å². The molecule has 0 saturated carbocycles. The van der Waals surface area contributed by atoms with Gasteiger partial charge in [0, 0.05) is 45.1 Å². The fraction of sp³-hybridized carbons (Fsp3) is 0.833. The van der Waals surface area contributed by atoms with Crippen molar-refractivity contribution < 1.29 is 9.53 Å². The van der Waals surface area contributed by atoms with Crippen LogP contribution in [0.3, 0.4) is 0 Å². The fourth-order valence-corrected chi connectivity index (χ4v) is 2.37. The Morgan fingerprint density at radius 3 is 2.36 bits per heavy atom. The maximum absolute atomic E-state index is 12.1. The van der Waals surface area contributed by atoms with E-state index in [1.165, 1.54) is 0 Å². The number of hydrogen-bond donors (Lipinski definition) is 0. The molecule has 126 valence electrons. The highest BCUT2D eigenvalue weighted by molar-refractivity contribution is 5.76. The van der Waals surface area contributed by atoms with Crippen molar-refractivity contribution in [2.75, 3.05) is 39.3 Å². The molecule has 0 bridgehead atoms. The third kappa shape index (κ3) is 8.41. The van der Waals surface area contributed by atoms with Crippen LogP contribution >= 0.6 is 0 Å². The molecule has 0 unspecified atom stereocenters. The van der Waals surface area contributed by atoms with E-state index in [-0.39, 0.29) is 12.0 Å². The Hall–Kier alpha value is -1.05. The Balaban J connectivity index is 2.13. The lowest BCUT2D eigenvalue weighted by Crippen LogP contribution is -2.48. The van der Waals surface area contributed by atoms with Crippen LogP contribution in [0.25, 0.3) is 0 Å². The molecule has 22 heavy (non-hydrogen) atoms. The number of unbranched alkanes of at least 4 members (excludes halogenated alkanes) is 1. The van der Waals surface area contributed by atoms with Crippen LogP contribution in [0.4, 0.5) is 0 Å². The molecule has 1 heterocycles. The molecule has 1 aliphatic heterocycles. The summed E-state index contributed by atoms with van der Waals surface area (Å²) in [6.45, 7) is 13.4. The molecular weight excluding hydrogens is 276 g/mol. The first-order valence-electron chi connectivity index (χ1n) is 8.59. The minimum absolute atomic E-state index is 0.280. The first-order valence-corrected chi connectivity index (χ1v) is 8.59. The van der Waals surface area contributed by atoms with E-state index in [1.807, 2.05) is 18.7 Å². The van der Waals surface area contributed by atoms with Crippen LogP contribution < -0.4 is 0 Å². The van der Waals surface area contributed by atoms with Crippen LogP contribution in [0.15, 0.2) is 0 Å². The highest BCUT2D eigenvalue weighted by Gasteiger charge is 2.19. The van der Waals surface area contributed by atoms with Crippen LogP contribution in [0.1, 0.15) is 47.0 Å². The van der Waals surface area contributed by atoms with Gasteiger partial charge < -0.3 is 9.64 Å². The van der Waals surface area contributed by atoms with Gasteiger partial charge in [0.05, 0.1) is 12.6 Å². The Kier molecular flexibility index (Phi) is 9.19. The average molecular weight is 308 g/mol. The number of ether oxygens (including phenoxy) is 1. The molecule has 0 spiro atoms. The molecule has 1 rings (SSSR count). The molecule has 1 saturated heterocycles. The van der Waals surface area contributed by atoms with Crippen molar-refractivity contribution in [2.45, 2.75) is 53.1 Å². The van der Waals surface area contributed by atoms with E-state index < -0.39 is 0 Å². The second kappa shape index (κ2) is 10.6. The quantitative estimate of drug-likeness (QED) is 0.535. The molecule has 0 N–H and O–H groups in total. The molecule has 0 aromatic heterocycles. The van der Waals surface area contributed by atoms with Gasteiger partial charge in [-0.3, -0.25) is 9.69 Å². The first kappa shape index (κ1) is 19.0. The van der Waals surface area contributed by atoms with Crippen molar-refractivity contribution in [2.24, 2.45) is 5.92 Å². The molecule has 1 fully saturated rings. The number of rotatable bonds is 7. The van der Waals surface area contributed by atoms with E-state index in [0.717, 1.165) is 52.2 Å². The monoisotopic (exact) mass is 308 g/mol. The van der Waals surface area contributed by atoms with E-state index >= 15 is 0 Å². The van der Waals surface area contributed by atoms with Crippen molar-refractivity contribution >= 4 is 5.91 Å². The second-order valence-electron chi connectivity index (χ2n) is 6.51. The Morgan fingerprint density at radius 2 is 1.77 bits per heavy atom. The van der Waals surface area contributed by atoms with Gasteiger partial charge in [-0.1, -0.05) is 25.7 Å². The van der Waals surface area contributed by atoms with E-state index in [1.54, 1.807) is 0 Å². The molecule has 4 heteroatoms. The van der Waals surface area contributed by atoms with Crippen LogP contribution in [-0.2, 0) is 9.53 Å². The average Bonchev–Trinajstić information content (AvgIpc) is 2.46. The van der Waals surface area contributed by atoms with Gasteiger partial charge in [-0.25, -0.2) is 0 Å². The highest BCUT2D eigenvalue weighted by atomic mass is 16.5. The van der Waals surface area contributed by atoms with Gasteiger partial charge in [0.1, 0.15) is 0 Å². The SMILES string of the molecule is CC(C)C#CCN1CCN(C(=O)CCCCOC(C)C)CC1. The molecule has 1 aliphatic rings. The highest BCUT2D eigenvalue weighted by Crippen LogP contribution is 2.06. The zero-order valence-corrected chi connectivity index (χ0v) is 14.7. The van der Waals surface area contributed by atoms with Gasteiger partial charge >= 0.3 is 0 Å². The summed E-state index contributed by atoms with van der Waals surface area (Å²) in [5.41, 5.74) is 0. The van der Waals surface area contributed by atoms with Crippen molar-refractivity contribution in [3.63, 3.8) is 0 Å². The summed E-state index contributed by atoms with van der Waals surface area (Å²) in [7, 11) is 0. The zero-order chi connectivity index (χ0) is 16.4. The Morgan fingerprint density at radius 1 is 1.09 bits per heavy atom. The number of nitrogens with zero attached hydrogens (tertiary/aromatic N) is 2. The molecule has 0 atom stereocenters. The number of hydrogen-bond acceptors (Lipinski definition) is 3. The van der Waals surface area contributed by atoms with Crippen LogP contribution in [0.5, 0.6) is 0 Å². The van der Waals surface area contributed by atoms with Gasteiger partial charge in [0.15, 0.2) is 0 Å². The van der Waals surface area contributed by atoms with Gasteiger partial charge in [0.25, 0.3) is 0 Å². The van der Waals surface area contributed by atoms with E-state index in [0.29, 0.717) is 12.3 Å². The Bertz CT molecular complexity index is 374. The summed E-state index contributed by atoms with van der Waals surface area (Å²) >= 11 is 0. The molecule has 4 nitrogen and oxygen atoms in total. The second-order valence-corrected chi connectivity index (χ2v) is 6.51. The van der Waals surface area contributed by atoms with Crippen molar-refractivity contribution in [3.05, 3.63) is 0 Å². The van der Waals surface area contributed by atoms with Crippen LogP contribution in [0.2, 0.25) is 0 Å². The third-order valence-electron chi connectivity index (χ3n) is 3.65. The van der Waals surface area contributed by atoms with Crippen molar-refractivity contribution in [1.82, 2.24) is 9.80 Å². The van der Waals surface area contributed by atoms with Gasteiger partial charge in [-0.2, -0.15) is 0 Å². The lowest BCUT2D eigenvalue weighted by atomic mass is 10.2. The number of piperazine rings is 1. The van der Waals surface area contributed by atoms with E-state index in [2.05, 4.69) is 30.6 Å². The van der Waals surface area contributed by atoms with Crippen LogP contribution in [-0.4, -0.2) is 61.1 Å². The number of carbonyl (C=O) groups excluding carboxylic acids is 1. The van der Waals surface area contributed by atoms with E-state index in [4.69, 9.17) is 4.74 Å². The molecule has 0 radical (unpaired) electrons. The Labute approximate surface area is 136 Å². The normalized spacial score (nSPS) is 16.0. The standard InChI is InChI=1S/C18H32N2O2/c1-16(2)8-7-10-19-11-13-20(14-12-19)18(21)9-5-6-15-22-17(3)4/h16-17H,5-6,9-15H2,1-4H3. The van der Waals surface area contributed by atoms with Crippen molar-refractivity contribution in [3.8, 4) is 11.8 Å². The summed E-state index contributed by atoms with van der Waals surface area (Å²) in [4.78, 5) is 16.5. The topological polar surface area (TPSA) is 32.8 Å². The zero-order valence-electron chi connectivity index (χ0n) is 14.7. The number of carbonyl (C=O) groups is 1. The fourth-order valence-electron chi connectivity index (χ4n) is 2.37. The molecule has 0 aromatic carbocycles. The largest absolute Gasteiger partial charge is 0.379 e. The molecule has 1 amide bonds. The summed E-state index contributed by atoms with van der Waals surface area (Å²) in [5, 5.41) is 0. The summed E-state index contributed by atoms with van der Waals surface area (Å²) in [6.07, 6.45) is 2.82. The predicted octanol–water partition coefficient (Wildman–Crippen LogP) is 2.39. The molecular formula is C18H32N2O2. The smallest absolute Gasteiger partial charge is 0.222 e. The summed E-state index contributed by atoms with van der Waals surface area (Å²) in [6, 6.07) is 0. The molecule has 0 aliphatic carbocycles. The third-order valence-corrected chi connectivity index (χ3v) is 3.65. The predicted molar refractivity (Wildman–Crippen MR) is 90.6 cm³/mol. The molecule has 0 aromatic rings. The van der Waals surface area contributed by atoms with Crippen LogP contribution in [0, 0.1) is 17.8 Å². The maximum Gasteiger partial charge on any atom is 0.222 e. The minimum atomic E-state index is 0.280. The lowest BCUT2D eigenvalue weighted by molar-refractivity contribution is -0.133. The van der Waals surface area contributed by atoms with E-state index in [9.17, 15) is 4.79 Å². The minimum Gasteiger partial charge on any atom is -0.379 e. The maximum atomic E-state index is 12.1. The number of amides is 1.